The summed E-state index contributed by atoms with van der Waals surface area (Å²) in [6.45, 7) is 3.81. The summed E-state index contributed by atoms with van der Waals surface area (Å²) < 4.78 is 11.8. The summed E-state index contributed by atoms with van der Waals surface area (Å²) in [6, 6.07) is 7.27. The Labute approximate surface area is 117 Å². The van der Waals surface area contributed by atoms with Gasteiger partial charge in [0.25, 0.3) is 0 Å². The number of rotatable bonds is 4. The van der Waals surface area contributed by atoms with Crippen molar-refractivity contribution in [1.82, 2.24) is 9.55 Å². The van der Waals surface area contributed by atoms with Gasteiger partial charge < -0.3 is 15.2 Å². The van der Waals surface area contributed by atoms with Crippen LogP contribution in [0.3, 0.4) is 0 Å². The molecule has 0 saturated heterocycles. The minimum Gasteiger partial charge on any atom is -0.497 e. The van der Waals surface area contributed by atoms with Crippen LogP contribution < -0.4 is 10.5 Å². The Morgan fingerprint density at radius 1 is 1.35 bits per heavy atom. The Bertz CT molecular complexity index is 617. The van der Waals surface area contributed by atoms with Crippen LogP contribution in [0, 0.1) is 6.92 Å². The highest BCUT2D eigenvalue weighted by Gasteiger charge is 2.21. The molecule has 1 aromatic heterocycles. The average Bonchev–Trinajstić information content (AvgIpc) is 2.74. The van der Waals surface area contributed by atoms with Crippen molar-refractivity contribution >= 4 is 11.8 Å². The van der Waals surface area contributed by atoms with E-state index in [1.54, 1.807) is 37.7 Å². The third-order valence-corrected chi connectivity index (χ3v) is 2.87. The van der Waals surface area contributed by atoms with E-state index in [9.17, 15) is 4.79 Å². The third kappa shape index (κ3) is 2.45. The van der Waals surface area contributed by atoms with E-state index in [1.165, 1.54) is 0 Å². The lowest BCUT2D eigenvalue weighted by molar-refractivity contribution is 0.0518. The number of nitrogens with two attached hydrogens (primary N) is 1. The molecule has 1 heterocycles. The summed E-state index contributed by atoms with van der Waals surface area (Å²) >= 11 is 0. The molecule has 6 heteroatoms. The lowest BCUT2D eigenvalue weighted by atomic mass is 10.3. The average molecular weight is 275 g/mol. The molecule has 0 aliphatic rings. The zero-order valence-corrected chi connectivity index (χ0v) is 11.7. The third-order valence-electron chi connectivity index (χ3n) is 2.87. The first-order chi connectivity index (χ1) is 9.58. The Hall–Kier alpha value is -2.50. The number of esters is 1. The number of carbonyl (C=O) groups excluding carboxylic acids is 1. The number of benzene rings is 1. The van der Waals surface area contributed by atoms with Crippen molar-refractivity contribution in [1.29, 1.82) is 0 Å². The predicted octanol–water partition coefficient (Wildman–Crippen LogP) is 1.95. The van der Waals surface area contributed by atoms with Gasteiger partial charge in [0.05, 0.1) is 13.7 Å². The number of aryl methyl sites for hydroxylation is 1. The van der Waals surface area contributed by atoms with Gasteiger partial charge in [0, 0.05) is 5.69 Å². The zero-order chi connectivity index (χ0) is 14.7. The summed E-state index contributed by atoms with van der Waals surface area (Å²) in [4.78, 5) is 16.2. The van der Waals surface area contributed by atoms with Gasteiger partial charge in [-0.1, -0.05) is 0 Å². The van der Waals surface area contributed by atoms with Gasteiger partial charge in [-0.15, -0.1) is 0 Å². The topological polar surface area (TPSA) is 79.4 Å². The van der Waals surface area contributed by atoms with Gasteiger partial charge in [0.15, 0.2) is 11.5 Å². The first-order valence-electron chi connectivity index (χ1n) is 6.24. The summed E-state index contributed by atoms with van der Waals surface area (Å²) in [5, 5.41) is 0. The van der Waals surface area contributed by atoms with Crippen LogP contribution in [0.15, 0.2) is 24.3 Å². The van der Waals surface area contributed by atoms with E-state index in [0.717, 1.165) is 11.4 Å². The van der Waals surface area contributed by atoms with Crippen LogP contribution >= 0.6 is 0 Å². The lowest BCUT2D eigenvalue weighted by Crippen LogP contribution is -2.13. The number of hydrogen-bond acceptors (Lipinski definition) is 5. The number of carbonyl (C=O) groups is 1. The molecule has 6 nitrogen and oxygen atoms in total. The SMILES string of the molecule is CCOC(=O)c1c(N)nc(C)n1-c1ccc(OC)cc1. The number of ether oxygens (including phenoxy) is 2. The molecule has 0 aliphatic heterocycles. The summed E-state index contributed by atoms with van der Waals surface area (Å²) in [5.74, 6) is 1.03. The molecule has 0 amide bonds. The molecular formula is C14H17N3O3. The number of methoxy groups -OCH3 is 1. The lowest BCUT2D eigenvalue weighted by Gasteiger charge is -2.10. The largest absolute Gasteiger partial charge is 0.497 e. The van der Waals surface area contributed by atoms with Gasteiger partial charge in [0.2, 0.25) is 0 Å². The molecule has 0 spiro atoms. The maximum atomic E-state index is 12.0. The highest BCUT2D eigenvalue weighted by atomic mass is 16.5. The van der Waals surface area contributed by atoms with Gasteiger partial charge in [-0.25, -0.2) is 9.78 Å². The second-order valence-electron chi connectivity index (χ2n) is 4.15. The monoisotopic (exact) mass is 275 g/mol. The first kappa shape index (κ1) is 13.9. The Balaban J connectivity index is 2.51. The second kappa shape index (κ2) is 5.64. The number of aromatic nitrogens is 2. The molecule has 0 fully saturated rings. The molecule has 0 bridgehead atoms. The van der Waals surface area contributed by atoms with E-state index in [-0.39, 0.29) is 18.1 Å². The molecule has 20 heavy (non-hydrogen) atoms. The fourth-order valence-corrected chi connectivity index (χ4v) is 2.00. The van der Waals surface area contributed by atoms with Crippen LogP contribution in [0.4, 0.5) is 5.82 Å². The van der Waals surface area contributed by atoms with Gasteiger partial charge in [-0.3, -0.25) is 4.57 Å². The van der Waals surface area contributed by atoms with Gasteiger partial charge >= 0.3 is 5.97 Å². The van der Waals surface area contributed by atoms with E-state index in [2.05, 4.69) is 4.98 Å². The minimum absolute atomic E-state index is 0.164. The minimum atomic E-state index is -0.485. The van der Waals surface area contributed by atoms with E-state index in [4.69, 9.17) is 15.2 Å². The van der Waals surface area contributed by atoms with Crippen LogP contribution in [0.1, 0.15) is 23.2 Å². The molecular weight excluding hydrogens is 258 g/mol. The van der Waals surface area contributed by atoms with Crippen LogP contribution in [-0.2, 0) is 4.74 Å². The van der Waals surface area contributed by atoms with Crippen LogP contribution in [0.5, 0.6) is 5.75 Å². The van der Waals surface area contributed by atoms with Crippen molar-refractivity contribution in [3.05, 3.63) is 35.8 Å². The molecule has 2 aromatic rings. The first-order valence-corrected chi connectivity index (χ1v) is 6.24. The van der Waals surface area contributed by atoms with Crippen LogP contribution in [0.2, 0.25) is 0 Å². The molecule has 0 radical (unpaired) electrons. The van der Waals surface area contributed by atoms with Gasteiger partial charge in [-0.05, 0) is 38.1 Å². The molecule has 2 rings (SSSR count). The van der Waals surface area contributed by atoms with Crippen molar-refractivity contribution < 1.29 is 14.3 Å². The molecule has 0 aliphatic carbocycles. The van der Waals surface area contributed by atoms with Crippen LogP contribution in [-0.4, -0.2) is 29.2 Å². The van der Waals surface area contributed by atoms with E-state index < -0.39 is 5.97 Å². The number of nitrogens with zero attached hydrogens (tertiary/aromatic N) is 2. The van der Waals surface area contributed by atoms with Crippen molar-refractivity contribution in [2.24, 2.45) is 0 Å². The number of imidazole rings is 1. The maximum absolute atomic E-state index is 12.0. The van der Waals surface area contributed by atoms with Crippen molar-refractivity contribution in [2.45, 2.75) is 13.8 Å². The normalized spacial score (nSPS) is 10.3. The summed E-state index contributed by atoms with van der Waals surface area (Å²) in [6.07, 6.45) is 0. The fourth-order valence-electron chi connectivity index (χ4n) is 2.00. The van der Waals surface area contributed by atoms with E-state index in [1.807, 2.05) is 12.1 Å². The van der Waals surface area contributed by atoms with Crippen molar-refractivity contribution in [2.75, 3.05) is 19.5 Å². The zero-order valence-electron chi connectivity index (χ0n) is 11.7. The molecule has 2 N–H and O–H groups in total. The number of anilines is 1. The molecule has 0 saturated carbocycles. The highest BCUT2D eigenvalue weighted by Crippen LogP contribution is 2.22. The summed E-state index contributed by atoms with van der Waals surface area (Å²) in [5.41, 5.74) is 6.83. The van der Waals surface area contributed by atoms with E-state index >= 15 is 0 Å². The Morgan fingerprint density at radius 3 is 2.55 bits per heavy atom. The van der Waals surface area contributed by atoms with Crippen molar-refractivity contribution in [3.63, 3.8) is 0 Å². The maximum Gasteiger partial charge on any atom is 0.359 e. The number of nitrogen functional groups attached to an aromatic ring is 1. The molecule has 0 atom stereocenters. The Kier molecular flexibility index (Phi) is 3.93. The second-order valence-corrected chi connectivity index (χ2v) is 4.15. The number of hydrogen-bond donors (Lipinski definition) is 1. The molecule has 0 unspecified atom stereocenters. The fraction of sp³-hybridized carbons (Fsp3) is 0.286. The smallest absolute Gasteiger partial charge is 0.359 e. The quantitative estimate of drug-likeness (QED) is 0.863. The van der Waals surface area contributed by atoms with Gasteiger partial charge in [-0.2, -0.15) is 0 Å². The summed E-state index contributed by atoms with van der Waals surface area (Å²) in [7, 11) is 1.60. The molecule has 1 aromatic carbocycles. The van der Waals surface area contributed by atoms with Crippen molar-refractivity contribution in [3.8, 4) is 11.4 Å². The predicted molar refractivity (Wildman–Crippen MR) is 75.2 cm³/mol. The van der Waals surface area contributed by atoms with Gasteiger partial charge in [0.1, 0.15) is 11.6 Å². The highest BCUT2D eigenvalue weighted by molar-refractivity contribution is 5.93. The molecule has 106 valence electrons. The Morgan fingerprint density at radius 2 is 2.00 bits per heavy atom. The van der Waals surface area contributed by atoms with Crippen LogP contribution in [0.25, 0.3) is 5.69 Å². The van der Waals surface area contributed by atoms with E-state index in [0.29, 0.717) is 5.82 Å². The standard InChI is InChI=1S/C14H17N3O3/c1-4-20-14(18)12-13(15)16-9(2)17(12)10-5-7-11(19-3)8-6-10/h5-8H,4,15H2,1-3H3.